The van der Waals surface area contributed by atoms with Gasteiger partial charge in [-0.05, 0) is 52.9 Å². The molecule has 1 aromatic carbocycles. The number of nitrogens with zero attached hydrogens (tertiary/aromatic N) is 1. The molecule has 2 rings (SSSR count). The maximum Gasteiger partial charge on any atom is 0.242 e. The molecule has 1 aliphatic carbocycles. The van der Waals surface area contributed by atoms with Crippen LogP contribution >= 0.6 is 43.5 Å². The van der Waals surface area contributed by atoms with Crippen LogP contribution in [0.15, 0.2) is 27.6 Å². The highest BCUT2D eigenvalue weighted by Crippen LogP contribution is 2.34. The van der Waals surface area contributed by atoms with Crippen molar-refractivity contribution < 1.29 is 8.42 Å². The average molecular weight is 432 g/mol. The monoisotopic (exact) mass is 429 g/mol. The fraction of sp³-hybridized carbons (Fsp3) is 0.500. The molecule has 106 valence electrons. The van der Waals surface area contributed by atoms with E-state index in [0.29, 0.717) is 26.8 Å². The third-order valence-electron chi connectivity index (χ3n) is 3.29. The lowest BCUT2D eigenvalue weighted by Crippen LogP contribution is -2.37. The first-order valence-electron chi connectivity index (χ1n) is 5.86. The molecular formula is C12H14Br2ClNO2S. The Morgan fingerprint density at radius 1 is 1.42 bits per heavy atom. The summed E-state index contributed by atoms with van der Waals surface area (Å²) in [7, 11) is -1.81. The van der Waals surface area contributed by atoms with Gasteiger partial charge in [-0.1, -0.05) is 27.5 Å². The minimum absolute atomic E-state index is 0.265. The number of benzene rings is 1. The predicted molar refractivity (Wildman–Crippen MR) is 84.4 cm³/mol. The lowest BCUT2D eigenvalue weighted by Gasteiger charge is -2.34. The topological polar surface area (TPSA) is 37.4 Å². The van der Waals surface area contributed by atoms with Crippen molar-refractivity contribution in [1.82, 2.24) is 4.31 Å². The van der Waals surface area contributed by atoms with E-state index >= 15 is 0 Å². The summed E-state index contributed by atoms with van der Waals surface area (Å²) >= 11 is 12.6. The minimum atomic E-state index is -3.44. The van der Waals surface area contributed by atoms with Gasteiger partial charge in [0, 0.05) is 22.9 Å². The van der Waals surface area contributed by atoms with E-state index in [1.54, 1.807) is 19.2 Å². The maximum absolute atomic E-state index is 12.4. The molecule has 0 heterocycles. The van der Waals surface area contributed by atoms with Gasteiger partial charge in [0.05, 0.1) is 9.92 Å². The molecule has 7 heteroatoms. The first-order chi connectivity index (χ1) is 8.80. The van der Waals surface area contributed by atoms with Gasteiger partial charge in [0.2, 0.25) is 10.0 Å². The van der Waals surface area contributed by atoms with E-state index in [0.717, 1.165) is 12.8 Å². The first-order valence-corrected chi connectivity index (χ1v) is 9.39. The van der Waals surface area contributed by atoms with Crippen LogP contribution in [0.5, 0.6) is 0 Å². The zero-order chi connectivity index (χ0) is 14.2. The van der Waals surface area contributed by atoms with Gasteiger partial charge < -0.3 is 0 Å². The second-order valence-corrected chi connectivity index (χ2v) is 9.40. The normalized spacial score (nSPS) is 23.4. The number of hydrogen-bond donors (Lipinski definition) is 0. The van der Waals surface area contributed by atoms with Crippen LogP contribution in [0.25, 0.3) is 0 Å². The molecule has 1 saturated carbocycles. The van der Waals surface area contributed by atoms with E-state index in [4.69, 9.17) is 11.6 Å². The Morgan fingerprint density at radius 2 is 2.05 bits per heavy atom. The van der Waals surface area contributed by atoms with Crippen molar-refractivity contribution in [3.63, 3.8) is 0 Å². The second kappa shape index (κ2) is 6.02. The van der Waals surface area contributed by atoms with Gasteiger partial charge in [-0.15, -0.1) is 0 Å². The van der Waals surface area contributed by atoms with E-state index in [-0.39, 0.29) is 4.90 Å². The molecule has 0 aromatic heterocycles. The molecule has 0 radical (unpaired) electrons. The van der Waals surface area contributed by atoms with Crippen molar-refractivity contribution in [1.29, 1.82) is 0 Å². The summed E-state index contributed by atoms with van der Waals surface area (Å²) in [6, 6.07) is 4.67. The molecule has 0 spiro atoms. The summed E-state index contributed by atoms with van der Waals surface area (Å²) in [6.07, 6.45) is 2.06. The van der Waals surface area contributed by atoms with Crippen LogP contribution in [0.2, 0.25) is 5.02 Å². The van der Waals surface area contributed by atoms with Gasteiger partial charge in [0.15, 0.2) is 0 Å². The van der Waals surface area contributed by atoms with E-state index in [1.165, 1.54) is 10.4 Å². The molecule has 0 amide bonds. The van der Waals surface area contributed by atoms with Gasteiger partial charge in [-0.25, -0.2) is 12.7 Å². The van der Waals surface area contributed by atoms with Gasteiger partial charge in [0.1, 0.15) is 0 Å². The molecule has 0 unspecified atom stereocenters. The molecule has 0 bridgehead atoms. The molecule has 19 heavy (non-hydrogen) atoms. The van der Waals surface area contributed by atoms with Crippen molar-refractivity contribution >= 4 is 53.5 Å². The number of alkyl halides is 1. The summed E-state index contributed by atoms with van der Waals surface area (Å²) in [6.45, 7) is 0.560. The quantitative estimate of drug-likeness (QED) is 0.678. The Hall–Kier alpha value is 0.380. The van der Waals surface area contributed by atoms with Crippen LogP contribution < -0.4 is 0 Å². The second-order valence-electron chi connectivity index (χ2n) is 4.80. The van der Waals surface area contributed by atoms with Crippen LogP contribution in [-0.4, -0.2) is 31.1 Å². The molecule has 0 N–H and O–H groups in total. The smallest absolute Gasteiger partial charge is 0.207 e. The summed E-state index contributed by atoms with van der Waals surface area (Å²) in [4.78, 5) is 0.805. The first kappa shape index (κ1) is 15.8. The van der Waals surface area contributed by atoms with Crippen molar-refractivity contribution in [2.45, 2.75) is 22.6 Å². The van der Waals surface area contributed by atoms with Gasteiger partial charge in [-0.2, -0.15) is 0 Å². The number of halogens is 3. The zero-order valence-electron chi connectivity index (χ0n) is 10.3. The van der Waals surface area contributed by atoms with E-state index in [2.05, 4.69) is 31.9 Å². The fourth-order valence-corrected chi connectivity index (χ4v) is 5.06. The highest BCUT2D eigenvalue weighted by atomic mass is 79.9. The molecular weight excluding hydrogens is 417 g/mol. The fourth-order valence-electron chi connectivity index (χ4n) is 2.08. The van der Waals surface area contributed by atoms with E-state index in [9.17, 15) is 8.42 Å². The van der Waals surface area contributed by atoms with Crippen molar-refractivity contribution in [3.05, 3.63) is 27.7 Å². The molecule has 0 aliphatic heterocycles. The Morgan fingerprint density at radius 3 is 2.58 bits per heavy atom. The predicted octanol–water partition coefficient (Wildman–Crippen LogP) is 3.90. The molecule has 1 fully saturated rings. The Labute approximate surface area is 135 Å². The standard InChI is InChI=1S/C12H14Br2ClNO2S/c1-16(7-8-4-9(13)5-8)19(17,18)10-2-3-12(15)11(14)6-10/h2-3,6,8-9H,4-5,7H2,1H3. The summed E-state index contributed by atoms with van der Waals surface area (Å²) < 4.78 is 26.8. The van der Waals surface area contributed by atoms with Crippen molar-refractivity contribution in [3.8, 4) is 0 Å². The van der Waals surface area contributed by atoms with Crippen LogP contribution in [0, 0.1) is 5.92 Å². The Kier molecular flexibility index (Phi) is 4.99. The highest BCUT2D eigenvalue weighted by molar-refractivity contribution is 9.10. The van der Waals surface area contributed by atoms with Gasteiger partial charge in [0.25, 0.3) is 0 Å². The van der Waals surface area contributed by atoms with Crippen LogP contribution in [0.4, 0.5) is 0 Å². The molecule has 1 aliphatic rings. The summed E-state index contributed by atoms with van der Waals surface area (Å²) in [5, 5.41) is 0.503. The molecule has 0 atom stereocenters. The lowest BCUT2D eigenvalue weighted by molar-refractivity contribution is 0.275. The number of hydrogen-bond acceptors (Lipinski definition) is 2. The highest BCUT2D eigenvalue weighted by Gasteiger charge is 2.31. The number of sulfonamides is 1. The minimum Gasteiger partial charge on any atom is -0.207 e. The third-order valence-corrected chi connectivity index (χ3v) is 7.07. The largest absolute Gasteiger partial charge is 0.242 e. The summed E-state index contributed by atoms with van der Waals surface area (Å²) in [5.74, 6) is 0.444. The third kappa shape index (κ3) is 3.53. The average Bonchev–Trinajstić information content (AvgIpc) is 2.30. The SMILES string of the molecule is CN(CC1CC(Br)C1)S(=O)(=O)c1ccc(Cl)c(Br)c1. The van der Waals surface area contributed by atoms with Crippen molar-refractivity contribution in [2.24, 2.45) is 5.92 Å². The van der Waals surface area contributed by atoms with E-state index in [1.807, 2.05) is 0 Å². The number of rotatable bonds is 4. The molecule has 0 saturated heterocycles. The van der Waals surface area contributed by atoms with Crippen LogP contribution in [-0.2, 0) is 10.0 Å². The maximum atomic E-state index is 12.4. The molecule has 1 aromatic rings. The Bertz CT molecular complexity index is 573. The lowest BCUT2D eigenvalue weighted by atomic mass is 9.85. The van der Waals surface area contributed by atoms with Crippen LogP contribution in [0.3, 0.4) is 0 Å². The zero-order valence-corrected chi connectivity index (χ0v) is 15.1. The molecule has 3 nitrogen and oxygen atoms in total. The summed E-state index contributed by atoms with van der Waals surface area (Å²) in [5.41, 5.74) is 0. The van der Waals surface area contributed by atoms with Gasteiger partial charge >= 0.3 is 0 Å². The van der Waals surface area contributed by atoms with Crippen molar-refractivity contribution in [2.75, 3.05) is 13.6 Å². The Balaban J connectivity index is 2.14. The van der Waals surface area contributed by atoms with Crippen LogP contribution in [0.1, 0.15) is 12.8 Å². The van der Waals surface area contributed by atoms with Gasteiger partial charge in [-0.3, -0.25) is 0 Å². The van der Waals surface area contributed by atoms with E-state index < -0.39 is 10.0 Å².